The molecule has 3 nitrogen and oxygen atoms in total. The van der Waals surface area contributed by atoms with E-state index in [0.29, 0.717) is 0 Å². The summed E-state index contributed by atoms with van der Waals surface area (Å²) >= 11 is 0. The fraction of sp³-hybridized carbons (Fsp3) is 1.00. The van der Waals surface area contributed by atoms with Gasteiger partial charge in [0.2, 0.25) is 0 Å². The normalized spacial score (nSPS) is 16.4. The van der Waals surface area contributed by atoms with E-state index in [0.717, 1.165) is 38.8 Å². The van der Waals surface area contributed by atoms with Gasteiger partial charge in [-0.3, -0.25) is 0 Å². The second kappa shape index (κ2) is 7.30. The number of hydrogen-bond donors (Lipinski definition) is 2. The van der Waals surface area contributed by atoms with Crippen molar-refractivity contribution in [2.75, 3.05) is 39.9 Å². The largest absolute Gasteiger partial charge is 0.380 e. The molecule has 0 aromatic rings. The van der Waals surface area contributed by atoms with Crippen LogP contribution in [-0.2, 0) is 4.74 Å². The van der Waals surface area contributed by atoms with Gasteiger partial charge in [0.25, 0.3) is 0 Å². The number of rotatable bonds is 9. The first-order chi connectivity index (χ1) is 6.43. The lowest BCUT2D eigenvalue weighted by atomic mass is 10.4. The Kier molecular flexibility index (Phi) is 6.15. The molecular formula is C10H22N2O. The maximum atomic E-state index is 5.49. The predicted molar refractivity (Wildman–Crippen MR) is 55.0 cm³/mol. The highest BCUT2D eigenvalue weighted by Crippen LogP contribution is 2.28. The summed E-state index contributed by atoms with van der Waals surface area (Å²) in [5.41, 5.74) is 0. The first-order valence-corrected chi connectivity index (χ1v) is 5.36. The van der Waals surface area contributed by atoms with Crippen molar-refractivity contribution >= 4 is 0 Å². The van der Waals surface area contributed by atoms with E-state index >= 15 is 0 Å². The van der Waals surface area contributed by atoms with E-state index in [1.54, 1.807) is 0 Å². The SMILES string of the molecule is CNCCCNCCOCC1CC1. The van der Waals surface area contributed by atoms with Gasteiger partial charge >= 0.3 is 0 Å². The minimum atomic E-state index is 0.871. The summed E-state index contributed by atoms with van der Waals surface area (Å²) in [5, 5.41) is 6.47. The molecule has 0 aromatic heterocycles. The molecule has 1 fully saturated rings. The molecular weight excluding hydrogens is 164 g/mol. The van der Waals surface area contributed by atoms with E-state index in [4.69, 9.17) is 4.74 Å². The lowest BCUT2D eigenvalue weighted by Gasteiger charge is -2.05. The minimum absolute atomic E-state index is 0.871. The standard InChI is InChI=1S/C10H22N2O/c1-11-5-2-6-12-7-8-13-9-10-3-4-10/h10-12H,2-9H2,1H3. The quantitative estimate of drug-likeness (QED) is 0.518. The Morgan fingerprint density at radius 1 is 1.23 bits per heavy atom. The molecule has 0 bridgehead atoms. The van der Waals surface area contributed by atoms with E-state index in [9.17, 15) is 0 Å². The summed E-state index contributed by atoms with van der Waals surface area (Å²) < 4.78 is 5.49. The van der Waals surface area contributed by atoms with Crippen LogP contribution in [0, 0.1) is 5.92 Å². The molecule has 0 radical (unpaired) electrons. The zero-order valence-electron chi connectivity index (χ0n) is 8.64. The molecule has 0 amide bonds. The number of hydrogen-bond acceptors (Lipinski definition) is 3. The van der Waals surface area contributed by atoms with E-state index < -0.39 is 0 Å². The molecule has 1 rings (SSSR count). The Labute approximate surface area is 81.2 Å². The third kappa shape index (κ3) is 6.99. The van der Waals surface area contributed by atoms with Crippen LogP contribution >= 0.6 is 0 Å². The summed E-state index contributed by atoms with van der Waals surface area (Å²) in [7, 11) is 1.98. The fourth-order valence-electron chi connectivity index (χ4n) is 1.19. The van der Waals surface area contributed by atoms with Crippen molar-refractivity contribution in [1.29, 1.82) is 0 Å². The summed E-state index contributed by atoms with van der Waals surface area (Å²) in [6.07, 6.45) is 3.96. The summed E-state index contributed by atoms with van der Waals surface area (Å²) in [6.45, 7) is 5.04. The highest BCUT2D eigenvalue weighted by atomic mass is 16.5. The molecule has 0 aromatic carbocycles. The fourth-order valence-corrected chi connectivity index (χ4v) is 1.19. The third-order valence-electron chi connectivity index (χ3n) is 2.25. The first-order valence-electron chi connectivity index (χ1n) is 5.36. The predicted octanol–water partition coefficient (Wildman–Crippen LogP) is 0.612. The molecule has 0 spiro atoms. The number of ether oxygens (including phenoxy) is 1. The van der Waals surface area contributed by atoms with E-state index in [1.807, 2.05) is 7.05 Å². The van der Waals surface area contributed by atoms with Gasteiger partial charge in [0.1, 0.15) is 0 Å². The van der Waals surface area contributed by atoms with Crippen LogP contribution in [0.3, 0.4) is 0 Å². The number of nitrogens with one attached hydrogen (secondary N) is 2. The lowest BCUT2D eigenvalue weighted by Crippen LogP contribution is -2.23. The van der Waals surface area contributed by atoms with Gasteiger partial charge in [-0.25, -0.2) is 0 Å². The van der Waals surface area contributed by atoms with Gasteiger partial charge in [-0.05, 0) is 45.3 Å². The van der Waals surface area contributed by atoms with Crippen LogP contribution in [-0.4, -0.2) is 39.9 Å². The van der Waals surface area contributed by atoms with E-state index in [2.05, 4.69) is 10.6 Å². The van der Waals surface area contributed by atoms with Crippen LogP contribution in [0.25, 0.3) is 0 Å². The summed E-state index contributed by atoms with van der Waals surface area (Å²) in [4.78, 5) is 0. The highest BCUT2D eigenvalue weighted by molar-refractivity contribution is 4.71. The zero-order valence-corrected chi connectivity index (χ0v) is 8.64. The van der Waals surface area contributed by atoms with E-state index in [-0.39, 0.29) is 0 Å². The van der Waals surface area contributed by atoms with Gasteiger partial charge in [-0.15, -0.1) is 0 Å². The van der Waals surface area contributed by atoms with Crippen LogP contribution in [0.4, 0.5) is 0 Å². The third-order valence-corrected chi connectivity index (χ3v) is 2.25. The van der Waals surface area contributed by atoms with Crippen LogP contribution in [0.15, 0.2) is 0 Å². The van der Waals surface area contributed by atoms with Gasteiger partial charge in [0, 0.05) is 13.2 Å². The average molecular weight is 186 g/mol. The summed E-state index contributed by atoms with van der Waals surface area (Å²) in [5.74, 6) is 0.893. The molecule has 0 saturated heterocycles. The maximum absolute atomic E-state index is 5.49. The average Bonchev–Trinajstić information content (AvgIpc) is 2.93. The maximum Gasteiger partial charge on any atom is 0.0591 e. The molecule has 1 saturated carbocycles. The second-order valence-corrected chi connectivity index (χ2v) is 3.73. The van der Waals surface area contributed by atoms with Crippen molar-refractivity contribution in [1.82, 2.24) is 10.6 Å². The van der Waals surface area contributed by atoms with Gasteiger partial charge in [0.15, 0.2) is 0 Å². The molecule has 0 unspecified atom stereocenters. The molecule has 3 heteroatoms. The molecule has 1 aliphatic carbocycles. The van der Waals surface area contributed by atoms with Crippen molar-refractivity contribution in [3.05, 3.63) is 0 Å². The van der Waals surface area contributed by atoms with Crippen LogP contribution in [0.2, 0.25) is 0 Å². The minimum Gasteiger partial charge on any atom is -0.380 e. The summed E-state index contributed by atoms with van der Waals surface area (Å²) in [6, 6.07) is 0. The van der Waals surface area contributed by atoms with Crippen molar-refractivity contribution in [2.24, 2.45) is 5.92 Å². The molecule has 0 aliphatic heterocycles. The van der Waals surface area contributed by atoms with Crippen LogP contribution in [0.1, 0.15) is 19.3 Å². The van der Waals surface area contributed by atoms with Crippen molar-refractivity contribution in [3.63, 3.8) is 0 Å². The van der Waals surface area contributed by atoms with Gasteiger partial charge in [-0.2, -0.15) is 0 Å². The second-order valence-electron chi connectivity index (χ2n) is 3.73. The van der Waals surface area contributed by atoms with Crippen molar-refractivity contribution in [3.8, 4) is 0 Å². The zero-order chi connectivity index (χ0) is 9.36. The molecule has 13 heavy (non-hydrogen) atoms. The lowest BCUT2D eigenvalue weighted by molar-refractivity contribution is 0.126. The van der Waals surface area contributed by atoms with Crippen LogP contribution in [0.5, 0.6) is 0 Å². The highest BCUT2D eigenvalue weighted by Gasteiger charge is 2.20. The molecule has 1 aliphatic rings. The Balaban J connectivity index is 1.63. The smallest absolute Gasteiger partial charge is 0.0591 e. The van der Waals surface area contributed by atoms with Gasteiger partial charge in [0.05, 0.1) is 6.61 Å². The Morgan fingerprint density at radius 2 is 2.08 bits per heavy atom. The van der Waals surface area contributed by atoms with Crippen LogP contribution < -0.4 is 10.6 Å². The Morgan fingerprint density at radius 3 is 2.77 bits per heavy atom. The topological polar surface area (TPSA) is 33.3 Å². The van der Waals surface area contributed by atoms with E-state index in [1.165, 1.54) is 19.3 Å². The Bertz CT molecular complexity index is 115. The van der Waals surface area contributed by atoms with Gasteiger partial charge < -0.3 is 15.4 Å². The van der Waals surface area contributed by atoms with Crippen molar-refractivity contribution < 1.29 is 4.74 Å². The van der Waals surface area contributed by atoms with Gasteiger partial charge in [-0.1, -0.05) is 0 Å². The monoisotopic (exact) mass is 186 g/mol. The van der Waals surface area contributed by atoms with Crippen molar-refractivity contribution in [2.45, 2.75) is 19.3 Å². The molecule has 0 heterocycles. The molecule has 2 N–H and O–H groups in total. The molecule has 0 atom stereocenters. The molecule has 78 valence electrons. The Hall–Kier alpha value is -0.120. The first kappa shape index (κ1) is 11.0.